The molecule has 0 aliphatic rings. The van der Waals surface area contributed by atoms with Crippen molar-refractivity contribution < 1.29 is 10.2 Å². The summed E-state index contributed by atoms with van der Waals surface area (Å²) in [7, 11) is 9.81. The van der Waals surface area contributed by atoms with Gasteiger partial charge in [-0.2, -0.15) is 0 Å². The first-order valence-electron chi connectivity index (χ1n) is 1.98. The second kappa shape index (κ2) is 3.10. The summed E-state index contributed by atoms with van der Waals surface area (Å²) in [6.45, 7) is -0.280. The highest BCUT2D eigenvalue weighted by atomic mass is 16.3. The second-order valence-electron chi connectivity index (χ2n) is 1.34. The van der Waals surface area contributed by atoms with Crippen LogP contribution in [0.5, 0.6) is 0 Å². The maximum atomic E-state index is 8.31. The fourth-order valence-electron chi connectivity index (χ4n) is 0.108. The summed E-state index contributed by atoms with van der Waals surface area (Å²) in [6.07, 6.45) is 0. The Morgan fingerprint density at radius 3 is 1.86 bits per heavy atom. The molecule has 0 saturated heterocycles. The Hall–Kier alpha value is 0.0499. The predicted molar refractivity (Wildman–Crippen MR) is 28.4 cm³/mol. The van der Waals surface area contributed by atoms with Crippen LogP contribution >= 0.6 is 0 Å². The van der Waals surface area contributed by atoms with Crippen molar-refractivity contribution in [2.24, 2.45) is 0 Å². The molecule has 0 aliphatic carbocycles. The van der Waals surface area contributed by atoms with Gasteiger partial charge in [0.1, 0.15) is 7.85 Å². The van der Waals surface area contributed by atoms with Crippen LogP contribution in [0.25, 0.3) is 0 Å². The molecular weight excluding hydrogens is 89.7 g/mol. The Bertz CT molecular complexity index is 48.2. The van der Waals surface area contributed by atoms with Gasteiger partial charge in [0.05, 0.1) is 7.85 Å². The monoisotopic (exact) mass is 96.1 g/mol. The van der Waals surface area contributed by atoms with E-state index in [1.807, 2.05) is 0 Å². The van der Waals surface area contributed by atoms with Gasteiger partial charge in [-0.05, 0) is 5.82 Å². The van der Waals surface area contributed by atoms with Crippen molar-refractivity contribution in [1.82, 2.24) is 0 Å². The molecule has 7 heavy (non-hydrogen) atoms. The van der Waals surface area contributed by atoms with E-state index in [4.69, 9.17) is 25.9 Å². The number of hydrogen-bond donors (Lipinski definition) is 2. The quantitative estimate of drug-likeness (QED) is 0.407. The van der Waals surface area contributed by atoms with E-state index in [9.17, 15) is 0 Å². The van der Waals surface area contributed by atoms with Gasteiger partial charge in [0, 0.05) is 12.6 Å². The minimum absolute atomic E-state index is 0.280. The average molecular weight is 95.7 g/mol. The van der Waals surface area contributed by atoms with Crippen molar-refractivity contribution in [2.45, 2.75) is 11.8 Å². The molecule has 36 valence electrons. The molecule has 0 saturated carbocycles. The van der Waals surface area contributed by atoms with E-state index >= 15 is 0 Å². The van der Waals surface area contributed by atoms with Crippen LogP contribution in [-0.4, -0.2) is 38.5 Å². The van der Waals surface area contributed by atoms with E-state index in [-0.39, 0.29) is 6.61 Å². The van der Waals surface area contributed by atoms with E-state index in [1.165, 1.54) is 0 Å². The largest absolute Gasteiger partial charge is 0.403 e. The zero-order chi connectivity index (χ0) is 5.86. The van der Waals surface area contributed by atoms with Crippen molar-refractivity contribution in [2.75, 3.05) is 6.61 Å². The van der Waals surface area contributed by atoms with Gasteiger partial charge in [0.15, 0.2) is 0 Å². The highest BCUT2D eigenvalue weighted by molar-refractivity contribution is 6.20. The van der Waals surface area contributed by atoms with E-state index in [0.29, 0.717) is 0 Å². The van der Waals surface area contributed by atoms with Crippen molar-refractivity contribution in [3.8, 4) is 0 Å². The lowest BCUT2D eigenvalue weighted by Gasteiger charge is -2.09. The van der Waals surface area contributed by atoms with Crippen LogP contribution < -0.4 is 0 Å². The van der Waals surface area contributed by atoms with Crippen molar-refractivity contribution in [3.05, 3.63) is 0 Å². The van der Waals surface area contributed by atoms with Crippen molar-refractivity contribution >= 4 is 15.7 Å². The van der Waals surface area contributed by atoms with Crippen molar-refractivity contribution in [1.29, 1.82) is 0 Å². The molecular formula is C3H6B2O2. The molecule has 0 fully saturated rings. The van der Waals surface area contributed by atoms with E-state index < -0.39 is 11.8 Å². The first-order chi connectivity index (χ1) is 3.18. The summed E-state index contributed by atoms with van der Waals surface area (Å²) in [4.78, 5) is 0. The fraction of sp³-hybridized carbons (Fsp3) is 1.00. The van der Waals surface area contributed by atoms with Gasteiger partial charge in [-0.15, -0.1) is 0 Å². The third-order valence-electron chi connectivity index (χ3n) is 0.649. The van der Waals surface area contributed by atoms with Crippen LogP contribution in [0, 0.1) is 0 Å². The van der Waals surface area contributed by atoms with Crippen LogP contribution in [-0.2, 0) is 0 Å². The first kappa shape index (κ1) is 7.05. The van der Waals surface area contributed by atoms with Crippen LogP contribution in [0.2, 0.25) is 5.82 Å². The fourth-order valence-corrected chi connectivity index (χ4v) is 0.108. The average Bonchev–Trinajstić information content (AvgIpc) is 1.65. The first-order valence-corrected chi connectivity index (χ1v) is 1.98. The van der Waals surface area contributed by atoms with E-state index in [2.05, 4.69) is 0 Å². The lowest BCUT2D eigenvalue weighted by Crippen LogP contribution is -2.17. The molecule has 2 N–H and O–H groups in total. The summed E-state index contributed by atoms with van der Waals surface area (Å²) in [5, 5.41) is 16.5. The highest BCUT2D eigenvalue weighted by Crippen LogP contribution is 1.98. The summed E-state index contributed by atoms with van der Waals surface area (Å²) < 4.78 is 0. The SMILES string of the molecule is [B]C(O)C([B])CO. The van der Waals surface area contributed by atoms with Gasteiger partial charge in [0.2, 0.25) is 0 Å². The number of aliphatic hydroxyl groups excluding tert-OH is 2. The Kier molecular flexibility index (Phi) is 3.13. The molecule has 0 spiro atoms. The highest BCUT2D eigenvalue weighted by Gasteiger charge is 2.03. The normalized spacial score (nSPS) is 18.6. The van der Waals surface area contributed by atoms with Gasteiger partial charge in [-0.3, -0.25) is 0 Å². The smallest absolute Gasteiger partial charge is 0.108 e. The van der Waals surface area contributed by atoms with E-state index in [0.717, 1.165) is 0 Å². The molecule has 0 aromatic rings. The van der Waals surface area contributed by atoms with E-state index in [1.54, 1.807) is 0 Å². The van der Waals surface area contributed by atoms with Gasteiger partial charge >= 0.3 is 0 Å². The number of hydrogen-bond acceptors (Lipinski definition) is 2. The molecule has 2 nitrogen and oxygen atoms in total. The molecule has 0 aromatic heterocycles. The van der Waals surface area contributed by atoms with Gasteiger partial charge in [-0.1, -0.05) is 0 Å². The Labute approximate surface area is 45.4 Å². The van der Waals surface area contributed by atoms with Crippen LogP contribution in [0.15, 0.2) is 0 Å². The van der Waals surface area contributed by atoms with Gasteiger partial charge in [-0.25, -0.2) is 0 Å². The lowest BCUT2D eigenvalue weighted by atomic mass is 9.75. The third-order valence-corrected chi connectivity index (χ3v) is 0.649. The lowest BCUT2D eigenvalue weighted by molar-refractivity contribution is 0.194. The summed E-state index contributed by atoms with van der Waals surface area (Å²) in [6, 6.07) is -1.11. The zero-order valence-electron chi connectivity index (χ0n) is 3.91. The summed E-state index contributed by atoms with van der Waals surface area (Å²) in [5.74, 6) is -0.708. The molecule has 4 heteroatoms. The molecule has 0 aromatic carbocycles. The zero-order valence-corrected chi connectivity index (χ0v) is 3.91. The minimum atomic E-state index is -1.11. The van der Waals surface area contributed by atoms with Gasteiger partial charge < -0.3 is 10.2 Å². The minimum Gasteiger partial charge on any atom is -0.403 e. The van der Waals surface area contributed by atoms with Gasteiger partial charge in [0.25, 0.3) is 0 Å². The number of aliphatic hydroxyl groups is 2. The maximum absolute atomic E-state index is 8.31. The molecule has 0 aliphatic heterocycles. The van der Waals surface area contributed by atoms with Crippen LogP contribution in [0.3, 0.4) is 0 Å². The molecule has 0 rings (SSSR count). The Morgan fingerprint density at radius 2 is 1.86 bits per heavy atom. The molecule has 2 atom stereocenters. The molecule has 0 bridgehead atoms. The number of rotatable bonds is 2. The predicted octanol–water partition coefficient (Wildman–Crippen LogP) is -1.58. The standard InChI is InChI=1S/C3H6B2O2/c4-2(1-6)3(5)7/h2-3,6-7H,1H2. The van der Waals surface area contributed by atoms with Crippen molar-refractivity contribution in [3.63, 3.8) is 0 Å². The molecule has 0 heterocycles. The Morgan fingerprint density at radius 1 is 1.43 bits per heavy atom. The third kappa shape index (κ3) is 2.71. The second-order valence-corrected chi connectivity index (χ2v) is 1.34. The molecule has 0 amide bonds. The molecule has 4 radical (unpaired) electrons. The van der Waals surface area contributed by atoms with Crippen LogP contribution in [0.1, 0.15) is 0 Å². The topological polar surface area (TPSA) is 40.5 Å². The maximum Gasteiger partial charge on any atom is 0.108 e. The summed E-state index contributed by atoms with van der Waals surface area (Å²) >= 11 is 0. The summed E-state index contributed by atoms with van der Waals surface area (Å²) in [5.41, 5.74) is 0. The Balaban J connectivity index is 3.14. The van der Waals surface area contributed by atoms with Crippen LogP contribution in [0.4, 0.5) is 0 Å². The molecule has 2 unspecified atom stereocenters.